The molecule has 0 aliphatic heterocycles. The average molecular weight is 470 g/mol. The summed E-state index contributed by atoms with van der Waals surface area (Å²) in [6.45, 7) is 4.61. The molecule has 1 aliphatic carbocycles. The number of carbonyl (C=O) groups excluding carboxylic acids is 1. The highest BCUT2D eigenvalue weighted by atomic mass is 32.1. The normalized spacial score (nSPS) is 15.0. The van der Waals surface area contributed by atoms with Gasteiger partial charge in [0.2, 0.25) is 5.91 Å². The zero-order valence-electron chi connectivity index (χ0n) is 19.0. The highest BCUT2D eigenvalue weighted by Gasteiger charge is 2.41. The van der Waals surface area contributed by atoms with Crippen LogP contribution in [0.15, 0.2) is 36.7 Å². The molecule has 3 aromatic heterocycles. The predicted molar refractivity (Wildman–Crippen MR) is 126 cm³/mol. The fourth-order valence-electron chi connectivity index (χ4n) is 3.69. The first-order valence-corrected chi connectivity index (χ1v) is 11.8. The number of halogens is 1. The van der Waals surface area contributed by atoms with E-state index in [0.717, 1.165) is 29.1 Å². The number of carbonyl (C=O) groups is 1. The van der Waals surface area contributed by atoms with Gasteiger partial charge in [-0.2, -0.15) is 0 Å². The minimum absolute atomic E-state index is 0.0787. The average Bonchev–Trinajstić information content (AvgIpc) is 3.27. The van der Waals surface area contributed by atoms with Crippen LogP contribution in [0.25, 0.3) is 10.7 Å². The van der Waals surface area contributed by atoms with E-state index in [2.05, 4.69) is 36.1 Å². The SMILES string of the molecule is CNC(C)(C)C(=O)NCc1cnc(-c2ccc(NCC3(c4ncccc4F)CCC3)nn2)s1. The first-order chi connectivity index (χ1) is 15.8. The van der Waals surface area contributed by atoms with Gasteiger partial charge in [0.15, 0.2) is 0 Å². The third-order valence-electron chi connectivity index (χ3n) is 6.23. The Bertz CT molecular complexity index is 1110. The Hall–Kier alpha value is -2.98. The molecule has 3 N–H and O–H groups in total. The molecule has 0 aromatic carbocycles. The highest BCUT2D eigenvalue weighted by molar-refractivity contribution is 7.15. The Morgan fingerprint density at radius 1 is 1.21 bits per heavy atom. The minimum Gasteiger partial charge on any atom is -0.368 e. The summed E-state index contributed by atoms with van der Waals surface area (Å²) in [6, 6.07) is 6.79. The van der Waals surface area contributed by atoms with Gasteiger partial charge in [0.05, 0.1) is 17.8 Å². The van der Waals surface area contributed by atoms with Crippen LogP contribution >= 0.6 is 11.3 Å². The molecule has 10 heteroatoms. The Kier molecular flexibility index (Phi) is 6.66. The Labute approximate surface area is 196 Å². The van der Waals surface area contributed by atoms with Crippen molar-refractivity contribution in [2.45, 2.75) is 50.6 Å². The molecule has 0 atom stereocenters. The molecule has 33 heavy (non-hydrogen) atoms. The molecule has 4 rings (SSSR count). The minimum atomic E-state index is -0.637. The maximum absolute atomic E-state index is 14.3. The molecule has 1 aliphatic rings. The maximum atomic E-state index is 14.3. The number of anilines is 1. The van der Waals surface area contributed by atoms with Crippen molar-refractivity contribution in [1.29, 1.82) is 0 Å². The van der Waals surface area contributed by atoms with Gasteiger partial charge >= 0.3 is 0 Å². The van der Waals surface area contributed by atoms with Crippen LogP contribution in [-0.4, -0.2) is 45.2 Å². The van der Waals surface area contributed by atoms with Gasteiger partial charge < -0.3 is 16.0 Å². The van der Waals surface area contributed by atoms with Crippen molar-refractivity contribution in [3.63, 3.8) is 0 Å². The van der Waals surface area contributed by atoms with Crippen molar-refractivity contribution in [2.75, 3.05) is 18.9 Å². The molecule has 8 nitrogen and oxygen atoms in total. The number of hydrogen-bond donors (Lipinski definition) is 3. The molecule has 1 amide bonds. The number of aromatic nitrogens is 4. The Morgan fingerprint density at radius 2 is 2.03 bits per heavy atom. The fraction of sp³-hybridized carbons (Fsp3) is 0.435. The quantitative estimate of drug-likeness (QED) is 0.442. The van der Waals surface area contributed by atoms with Gasteiger partial charge in [-0.25, -0.2) is 9.37 Å². The second-order valence-electron chi connectivity index (χ2n) is 8.81. The van der Waals surface area contributed by atoms with Crippen LogP contribution in [0, 0.1) is 5.82 Å². The summed E-state index contributed by atoms with van der Waals surface area (Å²) >= 11 is 1.46. The number of pyridine rings is 1. The lowest BCUT2D eigenvalue weighted by Crippen LogP contribution is -2.50. The van der Waals surface area contributed by atoms with Crippen LogP contribution in [-0.2, 0) is 16.8 Å². The van der Waals surface area contributed by atoms with Crippen LogP contribution in [0.3, 0.4) is 0 Å². The van der Waals surface area contributed by atoms with Gasteiger partial charge in [-0.1, -0.05) is 6.42 Å². The molecular weight excluding hydrogens is 441 g/mol. The molecule has 0 saturated heterocycles. The first kappa shape index (κ1) is 23.2. The van der Waals surface area contributed by atoms with Gasteiger partial charge in [-0.3, -0.25) is 9.78 Å². The number of nitrogens with one attached hydrogen (secondary N) is 3. The summed E-state index contributed by atoms with van der Waals surface area (Å²) in [5, 5.41) is 18.5. The van der Waals surface area contributed by atoms with Crippen LogP contribution in [0.1, 0.15) is 43.7 Å². The van der Waals surface area contributed by atoms with Crippen LogP contribution < -0.4 is 16.0 Å². The lowest BCUT2D eigenvalue weighted by atomic mass is 9.66. The lowest BCUT2D eigenvalue weighted by Gasteiger charge is -2.41. The molecule has 174 valence electrons. The molecule has 3 aromatic rings. The second kappa shape index (κ2) is 9.48. The summed E-state index contributed by atoms with van der Waals surface area (Å²) < 4.78 is 14.3. The van der Waals surface area contributed by atoms with E-state index in [-0.39, 0.29) is 17.1 Å². The molecule has 0 unspecified atom stereocenters. The number of hydrogen-bond acceptors (Lipinski definition) is 8. The standard InChI is InChI=1S/C23H28FN7OS/c1-22(2,25-3)21(32)28-13-15-12-27-20(33-15)17-7-8-18(31-30-17)29-14-23(9-5-10-23)19-16(24)6-4-11-26-19/h4,6-8,11-12,25H,5,9-10,13-14H2,1-3H3,(H,28,32)(H,29,31). The van der Waals surface area contributed by atoms with Crippen molar-refractivity contribution in [2.24, 2.45) is 0 Å². The van der Waals surface area contributed by atoms with E-state index >= 15 is 0 Å². The van der Waals surface area contributed by atoms with Crippen molar-refractivity contribution in [1.82, 2.24) is 30.8 Å². The van der Waals surface area contributed by atoms with Gasteiger partial charge in [-0.05, 0) is 58.0 Å². The van der Waals surface area contributed by atoms with E-state index < -0.39 is 5.54 Å². The summed E-state index contributed by atoms with van der Waals surface area (Å²) in [6.07, 6.45) is 6.22. The summed E-state index contributed by atoms with van der Waals surface area (Å²) in [5.41, 5.74) is 0.242. The summed E-state index contributed by atoms with van der Waals surface area (Å²) in [4.78, 5) is 21.8. The topological polar surface area (TPSA) is 105 Å². The molecule has 1 saturated carbocycles. The predicted octanol–water partition coefficient (Wildman–Crippen LogP) is 3.28. The van der Waals surface area contributed by atoms with E-state index in [4.69, 9.17) is 0 Å². The first-order valence-electron chi connectivity index (χ1n) is 10.9. The maximum Gasteiger partial charge on any atom is 0.240 e. The van der Waals surface area contributed by atoms with Gasteiger partial charge in [0, 0.05) is 29.2 Å². The lowest BCUT2D eigenvalue weighted by molar-refractivity contribution is -0.126. The zero-order valence-corrected chi connectivity index (χ0v) is 19.8. The van der Waals surface area contributed by atoms with Crippen LogP contribution in [0.4, 0.5) is 10.2 Å². The molecular formula is C23H28FN7OS. The Balaban J connectivity index is 1.36. The number of thiazole rings is 1. The number of nitrogens with zero attached hydrogens (tertiary/aromatic N) is 4. The van der Waals surface area contributed by atoms with E-state index in [0.29, 0.717) is 30.3 Å². The van der Waals surface area contributed by atoms with E-state index in [1.165, 1.54) is 17.4 Å². The van der Waals surface area contributed by atoms with E-state index in [1.807, 2.05) is 26.0 Å². The molecule has 0 spiro atoms. The largest absolute Gasteiger partial charge is 0.368 e. The second-order valence-corrected chi connectivity index (χ2v) is 9.93. The number of rotatable bonds is 9. The van der Waals surface area contributed by atoms with Gasteiger partial charge in [-0.15, -0.1) is 21.5 Å². The van der Waals surface area contributed by atoms with Crippen LogP contribution in [0.5, 0.6) is 0 Å². The van der Waals surface area contributed by atoms with Gasteiger partial charge in [0.25, 0.3) is 0 Å². The van der Waals surface area contributed by atoms with Crippen molar-refractivity contribution in [3.8, 4) is 10.7 Å². The van der Waals surface area contributed by atoms with Crippen molar-refractivity contribution >= 4 is 23.1 Å². The van der Waals surface area contributed by atoms with Crippen molar-refractivity contribution in [3.05, 3.63) is 53.0 Å². The van der Waals surface area contributed by atoms with E-state index in [1.54, 1.807) is 25.5 Å². The van der Waals surface area contributed by atoms with E-state index in [9.17, 15) is 9.18 Å². The van der Waals surface area contributed by atoms with Crippen molar-refractivity contribution < 1.29 is 9.18 Å². The summed E-state index contributed by atoms with van der Waals surface area (Å²) in [5.74, 6) is 0.287. The molecule has 3 heterocycles. The number of amides is 1. The molecule has 0 radical (unpaired) electrons. The highest BCUT2D eigenvalue weighted by Crippen LogP contribution is 2.43. The van der Waals surface area contributed by atoms with Gasteiger partial charge in [0.1, 0.15) is 22.3 Å². The zero-order chi connectivity index (χ0) is 23.5. The summed E-state index contributed by atoms with van der Waals surface area (Å²) in [7, 11) is 1.75. The monoisotopic (exact) mass is 469 g/mol. The third-order valence-corrected chi connectivity index (χ3v) is 7.25. The molecule has 0 bridgehead atoms. The number of likely N-dealkylation sites (N-methyl/N-ethyl adjacent to an activating group) is 1. The van der Waals surface area contributed by atoms with Crippen LogP contribution in [0.2, 0.25) is 0 Å². The molecule has 1 fully saturated rings. The third kappa shape index (κ3) is 5.01. The fourth-order valence-corrected chi connectivity index (χ4v) is 4.50. The smallest absolute Gasteiger partial charge is 0.240 e. The Morgan fingerprint density at radius 3 is 2.67 bits per heavy atom.